The Morgan fingerprint density at radius 1 is 1.48 bits per heavy atom. The van der Waals surface area contributed by atoms with Gasteiger partial charge in [-0.2, -0.15) is 0 Å². The van der Waals surface area contributed by atoms with Crippen LogP contribution in [0.15, 0.2) is 22.6 Å². The van der Waals surface area contributed by atoms with E-state index < -0.39 is 0 Å². The molecule has 1 fully saturated rings. The molecule has 2 atom stereocenters. The summed E-state index contributed by atoms with van der Waals surface area (Å²) in [5.74, 6) is 0.400. The van der Waals surface area contributed by atoms with Crippen LogP contribution >= 0.6 is 0 Å². The third-order valence-electron chi connectivity index (χ3n) is 4.10. The number of fused-ring (bicyclic) bond motifs is 1. The molecule has 21 heavy (non-hydrogen) atoms. The molecule has 0 spiro atoms. The third kappa shape index (κ3) is 3.08. The molecule has 3 rings (SSSR count). The number of carbonyl (C=O) groups is 1. The second-order valence-corrected chi connectivity index (χ2v) is 5.76. The van der Waals surface area contributed by atoms with Crippen LogP contribution in [0.5, 0.6) is 0 Å². The summed E-state index contributed by atoms with van der Waals surface area (Å²) >= 11 is 0. The predicted octanol–water partition coefficient (Wildman–Crippen LogP) is 2.30. The van der Waals surface area contributed by atoms with Gasteiger partial charge in [0.05, 0.1) is 12.6 Å². The average Bonchev–Trinajstić information content (AvgIpc) is 2.89. The number of nitrogens with zero attached hydrogens (tertiary/aromatic N) is 1. The number of amides is 1. The van der Waals surface area contributed by atoms with Crippen molar-refractivity contribution in [2.45, 2.75) is 45.3 Å². The van der Waals surface area contributed by atoms with Gasteiger partial charge in [-0.25, -0.2) is 4.98 Å². The Hall–Kier alpha value is -1.88. The van der Waals surface area contributed by atoms with Crippen LogP contribution in [0.25, 0.3) is 11.1 Å². The molecule has 1 heterocycles. The van der Waals surface area contributed by atoms with E-state index in [9.17, 15) is 9.90 Å². The first-order chi connectivity index (χ1) is 10.1. The van der Waals surface area contributed by atoms with E-state index in [4.69, 9.17) is 4.42 Å². The Bertz CT molecular complexity index is 650. The summed E-state index contributed by atoms with van der Waals surface area (Å²) in [6.45, 7) is 2.27. The number of aliphatic hydroxyl groups excluding tert-OH is 1. The van der Waals surface area contributed by atoms with Gasteiger partial charge in [-0.05, 0) is 37.8 Å². The van der Waals surface area contributed by atoms with E-state index in [-0.39, 0.29) is 17.9 Å². The number of nitrogens with one attached hydrogen (secondary N) is 1. The molecule has 5 heteroatoms. The standard InChI is InChI=1S/C16H20N2O3/c1-10-4-2-7-13-15(10)18-14(21-13)9-17-16(20)11-5-3-6-12(19)8-11/h2,4,7,11-12,19H,3,5-6,8-9H2,1H3,(H,17,20)/t11-,12-/m0/s1. The Morgan fingerprint density at radius 3 is 3.10 bits per heavy atom. The van der Waals surface area contributed by atoms with Crippen LogP contribution in [0.3, 0.4) is 0 Å². The zero-order chi connectivity index (χ0) is 14.8. The van der Waals surface area contributed by atoms with Crippen LogP contribution in [0.1, 0.15) is 37.1 Å². The van der Waals surface area contributed by atoms with Gasteiger partial charge in [0.15, 0.2) is 5.58 Å². The van der Waals surface area contributed by atoms with Gasteiger partial charge in [0.2, 0.25) is 11.8 Å². The lowest BCUT2D eigenvalue weighted by atomic mass is 9.87. The number of aliphatic hydroxyl groups is 1. The molecular formula is C16H20N2O3. The zero-order valence-electron chi connectivity index (χ0n) is 12.1. The Morgan fingerprint density at radius 2 is 2.33 bits per heavy atom. The maximum absolute atomic E-state index is 12.1. The number of benzene rings is 1. The Labute approximate surface area is 123 Å². The van der Waals surface area contributed by atoms with Crippen molar-refractivity contribution in [3.63, 3.8) is 0 Å². The summed E-state index contributed by atoms with van der Waals surface area (Å²) in [6, 6.07) is 5.78. The highest BCUT2D eigenvalue weighted by Gasteiger charge is 2.26. The van der Waals surface area contributed by atoms with Crippen LogP contribution in [-0.4, -0.2) is 22.1 Å². The smallest absolute Gasteiger partial charge is 0.223 e. The molecule has 1 aromatic carbocycles. The van der Waals surface area contributed by atoms with Crippen molar-refractivity contribution in [2.75, 3.05) is 0 Å². The van der Waals surface area contributed by atoms with Gasteiger partial charge in [-0.3, -0.25) is 4.79 Å². The maximum atomic E-state index is 12.1. The summed E-state index contributed by atoms with van der Waals surface area (Å²) in [6.07, 6.45) is 2.75. The zero-order valence-corrected chi connectivity index (χ0v) is 12.1. The van der Waals surface area contributed by atoms with Crippen molar-refractivity contribution in [1.82, 2.24) is 10.3 Å². The number of carbonyl (C=O) groups excluding carboxylic acids is 1. The highest BCUT2D eigenvalue weighted by molar-refractivity contribution is 5.79. The summed E-state index contributed by atoms with van der Waals surface area (Å²) < 4.78 is 5.63. The van der Waals surface area contributed by atoms with E-state index in [1.807, 2.05) is 25.1 Å². The van der Waals surface area contributed by atoms with Crippen molar-refractivity contribution >= 4 is 17.0 Å². The average molecular weight is 288 g/mol. The van der Waals surface area contributed by atoms with Crippen molar-refractivity contribution in [2.24, 2.45) is 5.92 Å². The van der Waals surface area contributed by atoms with Crippen molar-refractivity contribution < 1.29 is 14.3 Å². The number of hydrogen-bond donors (Lipinski definition) is 2. The first kappa shape index (κ1) is 14.1. The molecule has 112 valence electrons. The van der Waals surface area contributed by atoms with Crippen molar-refractivity contribution in [1.29, 1.82) is 0 Å². The van der Waals surface area contributed by atoms with E-state index in [2.05, 4.69) is 10.3 Å². The van der Waals surface area contributed by atoms with Gasteiger partial charge in [0.1, 0.15) is 5.52 Å². The SMILES string of the molecule is Cc1cccc2oc(CNC(=O)[C@H]3CCC[C@H](O)C3)nc12. The van der Waals surface area contributed by atoms with Gasteiger partial charge in [0, 0.05) is 5.92 Å². The van der Waals surface area contributed by atoms with Gasteiger partial charge < -0.3 is 14.8 Å². The second kappa shape index (κ2) is 5.85. The molecule has 1 amide bonds. The van der Waals surface area contributed by atoms with E-state index in [0.717, 1.165) is 35.9 Å². The molecule has 0 radical (unpaired) electrons. The molecular weight excluding hydrogens is 268 g/mol. The number of aryl methyl sites for hydroxylation is 1. The maximum Gasteiger partial charge on any atom is 0.223 e. The summed E-state index contributed by atoms with van der Waals surface area (Å²) in [4.78, 5) is 16.5. The number of para-hydroxylation sites is 1. The predicted molar refractivity (Wildman–Crippen MR) is 78.6 cm³/mol. The third-order valence-corrected chi connectivity index (χ3v) is 4.10. The first-order valence-electron chi connectivity index (χ1n) is 7.44. The monoisotopic (exact) mass is 288 g/mol. The summed E-state index contributed by atoms with van der Waals surface area (Å²) in [7, 11) is 0. The molecule has 2 N–H and O–H groups in total. The molecule has 1 aliphatic carbocycles. The van der Waals surface area contributed by atoms with Crippen LogP contribution in [0, 0.1) is 12.8 Å². The summed E-state index contributed by atoms with van der Waals surface area (Å²) in [5.41, 5.74) is 2.64. The molecule has 1 aromatic heterocycles. The highest BCUT2D eigenvalue weighted by atomic mass is 16.3. The minimum Gasteiger partial charge on any atom is -0.439 e. The lowest BCUT2D eigenvalue weighted by Gasteiger charge is -2.24. The normalized spacial score (nSPS) is 22.4. The molecule has 0 bridgehead atoms. The number of rotatable bonds is 3. The van der Waals surface area contributed by atoms with Crippen molar-refractivity contribution in [3.8, 4) is 0 Å². The van der Waals surface area contributed by atoms with Gasteiger partial charge in [-0.15, -0.1) is 0 Å². The van der Waals surface area contributed by atoms with Gasteiger partial charge in [0.25, 0.3) is 0 Å². The molecule has 2 aromatic rings. The minimum absolute atomic E-state index is 0.0206. The fraction of sp³-hybridized carbons (Fsp3) is 0.500. The number of aromatic nitrogens is 1. The first-order valence-corrected chi connectivity index (χ1v) is 7.44. The van der Waals surface area contributed by atoms with Crippen molar-refractivity contribution in [3.05, 3.63) is 29.7 Å². The lowest BCUT2D eigenvalue weighted by Crippen LogP contribution is -2.34. The molecule has 1 aliphatic rings. The fourth-order valence-corrected chi connectivity index (χ4v) is 2.92. The van der Waals surface area contributed by atoms with E-state index in [1.54, 1.807) is 0 Å². The molecule has 0 aliphatic heterocycles. The molecule has 0 unspecified atom stereocenters. The molecule has 1 saturated carbocycles. The largest absolute Gasteiger partial charge is 0.439 e. The Kier molecular flexibility index (Phi) is 3.92. The number of hydrogen-bond acceptors (Lipinski definition) is 4. The lowest BCUT2D eigenvalue weighted by molar-refractivity contribution is -0.127. The van der Waals surface area contributed by atoms with E-state index in [1.165, 1.54) is 0 Å². The highest BCUT2D eigenvalue weighted by Crippen LogP contribution is 2.24. The van der Waals surface area contributed by atoms with Gasteiger partial charge in [-0.1, -0.05) is 18.6 Å². The van der Waals surface area contributed by atoms with Crippen LogP contribution < -0.4 is 5.32 Å². The van der Waals surface area contributed by atoms with Crippen LogP contribution in [-0.2, 0) is 11.3 Å². The quantitative estimate of drug-likeness (QED) is 0.908. The molecule has 5 nitrogen and oxygen atoms in total. The van der Waals surface area contributed by atoms with Gasteiger partial charge >= 0.3 is 0 Å². The van der Waals surface area contributed by atoms with Crippen LogP contribution in [0.2, 0.25) is 0 Å². The number of oxazole rings is 1. The topological polar surface area (TPSA) is 75.4 Å². The van der Waals surface area contributed by atoms with E-state index in [0.29, 0.717) is 18.9 Å². The van der Waals surface area contributed by atoms with Crippen LogP contribution in [0.4, 0.5) is 0 Å². The summed E-state index contributed by atoms with van der Waals surface area (Å²) in [5, 5.41) is 12.5. The van der Waals surface area contributed by atoms with E-state index >= 15 is 0 Å². The fourth-order valence-electron chi connectivity index (χ4n) is 2.92. The minimum atomic E-state index is -0.346. The second-order valence-electron chi connectivity index (χ2n) is 5.76. The Balaban J connectivity index is 1.63. The molecule has 0 saturated heterocycles.